The van der Waals surface area contributed by atoms with Gasteiger partial charge in [0.2, 0.25) is 0 Å². The van der Waals surface area contributed by atoms with Gasteiger partial charge < -0.3 is 16.2 Å². The van der Waals surface area contributed by atoms with E-state index in [9.17, 15) is 0 Å². The third-order valence-corrected chi connectivity index (χ3v) is 2.66. The van der Waals surface area contributed by atoms with Gasteiger partial charge in [0.05, 0.1) is 16.4 Å². The number of nitrogens with one attached hydrogen (secondary N) is 1. The Hall–Kier alpha value is -0.810. The summed E-state index contributed by atoms with van der Waals surface area (Å²) in [5, 5.41) is 12.1. The van der Waals surface area contributed by atoms with Crippen LogP contribution in [-0.4, -0.2) is 22.2 Å². The van der Waals surface area contributed by atoms with Crippen LogP contribution in [0.15, 0.2) is 16.7 Å². The minimum Gasteiger partial charge on any atom is -0.397 e. The third-order valence-electron chi connectivity index (χ3n) is 2.06. The van der Waals surface area contributed by atoms with Crippen LogP contribution < -0.4 is 11.1 Å². The van der Waals surface area contributed by atoms with Crippen LogP contribution in [0.3, 0.4) is 0 Å². The highest BCUT2D eigenvalue weighted by Gasteiger charge is 2.18. The third kappa shape index (κ3) is 3.68. The number of aliphatic hydroxyl groups excluding tert-OH is 1. The van der Waals surface area contributed by atoms with Gasteiger partial charge in [-0.25, -0.2) is 4.98 Å². The molecule has 4 N–H and O–H groups in total. The monoisotopic (exact) mass is 273 g/mol. The lowest BCUT2D eigenvalue weighted by Crippen LogP contribution is -2.32. The van der Waals surface area contributed by atoms with E-state index in [1.165, 1.54) is 0 Å². The van der Waals surface area contributed by atoms with Crippen LogP contribution in [0, 0.1) is 0 Å². The summed E-state index contributed by atoms with van der Waals surface area (Å²) < 4.78 is 0.827. The zero-order valence-electron chi connectivity index (χ0n) is 8.92. The average molecular weight is 274 g/mol. The Morgan fingerprint density at radius 2 is 2.27 bits per heavy atom. The Morgan fingerprint density at radius 3 is 2.80 bits per heavy atom. The van der Waals surface area contributed by atoms with Crippen molar-refractivity contribution in [2.75, 3.05) is 17.7 Å². The van der Waals surface area contributed by atoms with Crippen molar-refractivity contribution in [1.29, 1.82) is 0 Å². The van der Waals surface area contributed by atoms with Crippen molar-refractivity contribution < 1.29 is 5.11 Å². The summed E-state index contributed by atoms with van der Waals surface area (Å²) in [6.45, 7) is 4.16. The molecule has 0 amide bonds. The van der Waals surface area contributed by atoms with Crippen molar-refractivity contribution in [3.05, 3.63) is 16.7 Å². The van der Waals surface area contributed by atoms with Crippen molar-refractivity contribution in [3.8, 4) is 0 Å². The van der Waals surface area contributed by atoms with Crippen LogP contribution in [0.25, 0.3) is 0 Å². The Morgan fingerprint density at radius 1 is 1.60 bits per heavy atom. The summed E-state index contributed by atoms with van der Waals surface area (Å²) in [6.07, 6.45) is 2.26. The molecule has 5 heteroatoms. The number of hydrogen-bond donors (Lipinski definition) is 3. The predicted molar refractivity (Wildman–Crippen MR) is 65.8 cm³/mol. The molecule has 0 fully saturated rings. The number of nitrogen functional groups attached to an aromatic ring is 1. The van der Waals surface area contributed by atoms with Crippen LogP contribution >= 0.6 is 15.9 Å². The number of halogens is 1. The van der Waals surface area contributed by atoms with E-state index in [2.05, 4.69) is 26.2 Å². The lowest BCUT2D eigenvalue weighted by molar-refractivity contribution is 0.260. The molecule has 0 radical (unpaired) electrons. The molecule has 0 bridgehead atoms. The molecule has 0 aliphatic rings. The molecule has 0 saturated carbocycles. The lowest BCUT2D eigenvalue weighted by Gasteiger charge is -2.26. The highest BCUT2D eigenvalue weighted by atomic mass is 79.9. The maximum Gasteiger partial charge on any atom is 0.140 e. The largest absolute Gasteiger partial charge is 0.397 e. The quantitative estimate of drug-likeness (QED) is 0.785. The number of hydrogen-bond acceptors (Lipinski definition) is 4. The molecule has 15 heavy (non-hydrogen) atoms. The first-order valence-electron chi connectivity index (χ1n) is 4.75. The van der Waals surface area contributed by atoms with Gasteiger partial charge in [-0.05, 0) is 42.3 Å². The molecule has 0 atom stereocenters. The smallest absolute Gasteiger partial charge is 0.140 e. The molecule has 4 nitrogen and oxygen atoms in total. The molecule has 1 heterocycles. The van der Waals surface area contributed by atoms with Gasteiger partial charge in [-0.1, -0.05) is 0 Å². The molecule has 84 valence electrons. The minimum atomic E-state index is -0.194. The normalized spacial score (nSPS) is 11.5. The topological polar surface area (TPSA) is 71.2 Å². The molecule has 0 aliphatic heterocycles. The second-order valence-electron chi connectivity index (χ2n) is 4.08. The maximum absolute atomic E-state index is 8.90. The molecule has 0 spiro atoms. The maximum atomic E-state index is 8.90. The van der Waals surface area contributed by atoms with Crippen LogP contribution in [0.2, 0.25) is 0 Å². The Kier molecular flexibility index (Phi) is 3.93. The van der Waals surface area contributed by atoms with E-state index in [0.717, 1.165) is 10.3 Å². The summed E-state index contributed by atoms with van der Waals surface area (Å²) in [5.41, 5.74) is 6.01. The zero-order valence-corrected chi connectivity index (χ0v) is 10.5. The van der Waals surface area contributed by atoms with Crippen molar-refractivity contribution in [1.82, 2.24) is 4.98 Å². The SMILES string of the molecule is CC(C)(CCO)Nc1ncc(N)cc1Br. The number of pyridine rings is 1. The zero-order chi connectivity index (χ0) is 11.5. The fraction of sp³-hybridized carbons (Fsp3) is 0.500. The summed E-state index contributed by atoms with van der Waals surface area (Å²) >= 11 is 3.38. The summed E-state index contributed by atoms with van der Waals surface area (Å²) in [5.74, 6) is 0.739. The van der Waals surface area contributed by atoms with Crippen molar-refractivity contribution in [3.63, 3.8) is 0 Å². The van der Waals surface area contributed by atoms with E-state index >= 15 is 0 Å². The van der Waals surface area contributed by atoms with E-state index in [0.29, 0.717) is 12.1 Å². The summed E-state index contributed by atoms with van der Waals surface area (Å²) in [6, 6.07) is 1.80. The van der Waals surface area contributed by atoms with Crippen LogP contribution in [0.1, 0.15) is 20.3 Å². The van der Waals surface area contributed by atoms with Gasteiger partial charge in [-0.2, -0.15) is 0 Å². The summed E-state index contributed by atoms with van der Waals surface area (Å²) in [4.78, 5) is 4.18. The molecule has 0 aromatic carbocycles. The second-order valence-corrected chi connectivity index (χ2v) is 4.94. The lowest BCUT2D eigenvalue weighted by atomic mass is 10.0. The van der Waals surface area contributed by atoms with E-state index in [1.54, 1.807) is 12.3 Å². The second kappa shape index (κ2) is 4.81. The number of aliphatic hydroxyl groups is 1. The van der Waals surface area contributed by atoms with Crippen molar-refractivity contribution >= 4 is 27.4 Å². The number of nitrogens with zero attached hydrogens (tertiary/aromatic N) is 1. The van der Waals surface area contributed by atoms with Crippen LogP contribution in [-0.2, 0) is 0 Å². The van der Waals surface area contributed by atoms with Gasteiger partial charge in [0, 0.05) is 12.1 Å². The molecule has 1 rings (SSSR count). The Labute approximate surface area is 98.0 Å². The molecule has 0 unspecified atom stereocenters. The average Bonchev–Trinajstić information content (AvgIpc) is 2.09. The van der Waals surface area contributed by atoms with E-state index in [4.69, 9.17) is 10.8 Å². The molecule has 0 saturated heterocycles. The minimum absolute atomic E-state index is 0.145. The van der Waals surface area contributed by atoms with Crippen molar-refractivity contribution in [2.24, 2.45) is 0 Å². The first kappa shape index (κ1) is 12.3. The highest BCUT2D eigenvalue weighted by molar-refractivity contribution is 9.10. The van der Waals surface area contributed by atoms with E-state index < -0.39 is 0 Å². The fourth-order valence-corrected chi connectivity index (χ4v) is 1.67. The van der Waals surface area contributed by atoms with Crippen LogP contribution in [0.4, 0.5) is 11.5 Å². The molecular formula is C10H16BrN3O. The first-order chi connectivity index (χ1) is 6.94. The van der Waals surface area contributed by atoms with Gasteiger partial charge >= 0.3 is 0 Å². The number of aromatic nitrogens is 1. The van der Waals surface area contributed by atoms with Crippen molar-refractivity contribution in [2.45, 2.75) is 25.8 Å². The van der Waals surface area contributed by atoms with Crippen LogP contribution in [0.5, 0.6) is 0 Å². The standard InChI is InChI=1S/C10H16BrN3O/c1-10(2,3-4-15)14-9-8(11)5-7(12)6-13-9/h5-6,15H,3-4,12H2,1-2H3,(H,13,14). The number of rotatable bonds is 4. The van der Waals surface area contributed by atoms with Gasteiger partial charge in [0.1, 0.15) is 5.82 Å². The van der Waals surface area contributed by atoms with Gasteiger partial charge in [0.15, 0.2) is 0 Å². The fourth-order valence-electron chi connectivity index (χ4n) is 1.21. The first-order valence-corrected chi connectivity index (χ1v) is 5.54. The van der Waals surface area contributed by atoms with Gasteiger partial charge in [-0.3, -0.25) is 0 Å². The van der Waals surface area contributed by atoms with Gasteiger partial charge in [-0.15, -0.1) is 0 Å². The predicted octanol–water partition coefficient (Wildman–Crippen LogP) is 2.00. The number of anilines is 2. The molecule has 0 aliphatic carbocycles. The Bertz CT molecular complexity index is 341. The molecular weight excluding hydrogens is 258 g/mol. The number of nitrogens with two attached hydrogens (primary N) is 1. The van der Waals surface area contributed by atoms with E-state index in [1.807, 2.05) is 13.8 Å². The van der Waals surface area contributed by atoms with Gasteiger partial charge in [0.25, 0.3) is 0 Å². The summed E-state index contributed by atoms with van der Waals surface area (Å²) in [7, 11) is 0. The van der Waals surface area contributed by atoms with E-state index in [-0.39, 0.29) is 12.1 Å². The highest BCUT2D eigenvalue weighted by Crippen LogP contribution is 2.25. The Balaban J connectivity index is 2.80. The molecule has 1 aromatic rings. The molecule has 1 aromatic heterocycles.